The SMILES string of the molecule is CCNC(=NCc1ccc(OCC(F)(F)F)cc1)NCC1(C(=O)N(C)C)CCCC1.I. The van der Waals surface area contributed by atoms with Gasteiger partial charge in [-0.25, -0.2) is 4.99 Å². The highest BCUT2D eigenvalue weighted by atomic mass is 127. The topological polar surface area (TPSA) is 66.0 Å². The van der Waals surface area contributed by atoms with Gasteiger partial charge in [0.25, 0.3) is 0 Å². The third kappa shape index (κ3) is 8.74. The number of hydrogen-bond donors (Lipinski definition) is 2. The Bertz CT molecular complexity index is 718. The molecule has 1 aliphatic carbocycles. The largest absolute Gasteiger partial charge is 0.484 e. The molecule has 0 saturated heterocycles. The van der Waals surface area contributed by atoms with E-state index in [0.29, 0.717) is 25.6 Å². The fourth-order valence-corrected chi connectivity index (χ4v) is 3.61. The van der Waals surface area contributed by atoms with Crippen LogP contribution < -0.4 is 15.4 Å². The van der Waals surface area contributed by atoms with Gasteiger partial charge in [-0.3, -0.25) is 4.79 Å². The van der Waals surface area contributed by atoms with E-state index >= 15 is 0 Å². The van der Waals surface area contributed by atoms with Gasteiger partial charge in [0.1, 0.15) is 5.75 Å². The number of benzene rings is 1. The van der Waals surface area contributed by atoms with Gasteiger partial charge in [-0.15, -0.1) is 24.0 Å². The molecule has 0 aromatic heterocycles. The molecule has 0 bridgehead atoms. The summed E-state index contributed by atoms with van der Waals surface area (Å²) >= 11 is 0. The maximum absolute atomic E-state index is 12.7. The first-order valence-corrected chi connectivity index (χ1v) is 10.2. The maximum atomic E-state index is 12.7. The van der Waals surface area contributed by atoms with Crippen LogP contribution in [0.2, 0.25) is 0 Å². The van der Waals surface area contributed by atoms with E-state index in [1.165, 1.54) is 12.1 Å². The maximum Gasteiger partial charge on any atom is 0.422 e. The zero-order valence-corrected chi connectivity index (χ0v) is 20.5. The minimum atomic E-state index is -4.36. The van der Waals surface area contributed by atoms with Crippen LogP contribution in [0, 0.1) is 5.41 Å². The third-order valence-electron chi connectivity index (χ3n) is 5.10. The molecule has 0 heterocycles. The molecule has 10 heteroatoms. The molecule has 0 spiro atoms. The standard InChI is InChI=1S/C21H31F3N4O2.HI/c1-4-25-19(27-14-20(11-5-6-12-20)18(29)28(2)3)26-13-16-7-9-17(10-8-16)30-15-21(22,23)24;/h7-10H,4-6,11-15H2,1-3H3,(H2,25,26,27);1H. The van der Waals surface area contributed by atoms with E-state index in [1.807, 2.05) is 6.92 Å². The third-order valence-corrected chi connectivity index (χ3v) is 5.10. The highest BCUT2D eigenvalue weighted by Crippen LogP contribution is 2.38. The Balaban J connectivity index is 0.00000480. The number of hydrogen-bond acceptors (Lipinski definition) is 3. The van der Waals surface area contributed by atoms with Gasteiger partial charge in [0.15, 0.2) is 12.6 Å². The van der Waals surface area contributed by atoms with E-state index in [9.17, 15) is 18.0 Å². The summed E-state index contributed by atoms with van der Waals surface area (Å²) < 4.78 is 41.4. The number of carbonyl (C=O) groups is 1. The van der Waals surface area contributed by atoms with E-state index in [-0.39, 0.29) is 35.6 Å². The van der Waals surface area contributed by atoms with Crippen molar-refractivity contribution in [3.63, 3.8) is 0 Å². The fraction of sp³-hybridized carbons (Fsp3) is 0.619. The number of carbonyl (C=O) groups excluding carboxylic acids is 1. The monoisotopic (exact) mass is 556 g/mol. The number of halogens is 4. The molecule has 176 valence electrons. The minimum Gasteiger partial charge on any atom is -0.484 e. The zero-order chi connectivity index (χ0) is 22.2. The molecule has 6 nitrogen and oxygen atoms in total. The van der Waals surface area contributed by atoms with Crippen molar-refractivity contribution in [2.24, 2.45) is 10.4 Å². The molecular formula is C21H32F3IN4O2. The van der Waals surface area contributed by atoms with Crippen LogP contribution in [0.1, 0.15) is 38.2 Å². The summed E-state index contributed by atoms with van der Waals surface area (Å²) in [7, 11) is 3.56. The molecule has 1 aliphatic rings. The van der Waals surface area contributed by atoms with Crippen LogP contribution in [0.4, 0.5) is 13.2 Å². The number of aliphatic imine (C=N–C) groups is 1. The van der Waals surface area contributed by atoms with Crippen LogP contribution in [-0.4, -0.2) is 56.7 Å². The molecule has 0 unspecified atom stereocenters. The molecule has 1 saturated carbocycles. The quantitative estimate of drug-likeness (QED) is 0.289. The van der Waals surface area contributed by atoms with Crippen LogP contribution in [0.25, 0.3) is 0 Å². The summed E-state index contributed by atoms with van der Waals surface area (Å²) in [6.07, 6.45) is -0.568. The normalized spacial score (nSPS) is 15.7. The number of amides is 1. The lowest BCUT2D eigenvalue weighted by Gasteiger charge is -2.31. The molecule has 1 aromatic rings. The molecule has 2 rings (SSSR count). The number of ether oxygens (including phenoxy) is 1. The smallest absolute Gasteiger partial charge is 0.422 e. The second-order valence-corrected chi connectivity index (χ2v) is 7.78. The highest BCUT2D eigenvalue weighted by molar-refractivity contribution is 14.0. The summed E-state index contributed by atoms with van der Waals surface area (Å²) in [4.78, 5) is 18.9. The van der Waals surface area contributed by atoms with Crippen molar-refractivity contribution in [3.8, 4) is 5.75 Å². The molecule has 0 aliphatic heterocycles. The predicted molar refractivity (Wildman–Crippen MR) is 126 cm³/mol. The van der Waals surface area contributed by atoms with E-state index in [1.54, 1.807) is 31.1 Å². The van der Waals surface area contributed by atoms with Crippen LogP contribution >= 0.6 is 24.0 Å². The van der Waals surface area contributed by atoms with Crippen molar-refractivity contribution >= 4 is 35.8 Å². The van der Waals surface area contributed by atoms with Gasteiger partial charge in [0.05, 0.1) is 12.0 Å². The molecular weight excluding hydrogens is 524 g/mol. The summed E-state index contributed by atoms with van der Waals surface area (Å²) in [6, 6.07) is 6.38. The number of nitrogens with one attached hydrogen (secondary N) is 2. The minimum absolute atomic E-state index is 0. The fourth-order valence-electron chi connectivity index (χ4n) is 3.61. The Morgan fingerprint density at radius 3 is 2.29 bits per heavy atom. The van der Waals surface area contributed by atoms with Gasteiger partial charge in [-0.2, -0.15) is 13.2 Å². The molecule has 2 N–H and O–H groups in total. The van der Waals surface area contributed by atoms with Crippen LogP contribution in [0.5, 0.6) is 5.75 Å². The van der Waals surface area contributed by atoms with Gasteiger partial charge in [-0.05, 0) is 37.5 Å². The lowest BCUT2D eigenvalue weighted by Crippen LogP contribution is -2.49. The van der Waals surface area contributed by atoms with Crippen LogP contribution in [-0.2, 0) is 11.3 Å². The van der Waals surface area contributed by atoms with Crippen molar-refractivity contribution in [2.75, 3.05) is 33.8 Å². The lowest BCUT2D eigenvalue weighted by atomic mass is 9.84. The number of guanidine groups is 1. The van der Waals surface area contributed by atoms with Gasteiger partial charge in [-0.1, -0.05) is 25.0 Å². The van der Waals surface area contributed by atoms with E-state index in [2.05, 4.69) is 15.6 Å². The van der Waals surface area contributed by atoms with E-state index in [0.717, 1.165) is 31.2 Å². The van der Waals surface area contributed by atoms with E-state index < -0.39 is 18.2 Å². The van der Waals surface area contributed by atoms with Crippen molar-refractivity contribution < 1.29 is 22.7 Å². The Morgan fingerprint density at radius 1 is 1.16 bits per heavy atom. The van der Waals surface area contributed by atoms with E-state index in [4.69, 9.17) is 4.74 Å². The Hall–Kier alpha value is -1.72. The second kappa shape index (κ2) is 12.4. The molecule has 1 amide bonds. The first kappa shape index (κ1) is 27.3. The van der Waals surface area contributed by atoms with Crippen molar-refractivity contribution in [3.05, 3.63) is 29.8 Å². The highest BCUT2D eigenvalue weighted by Gasteiger charge is 2.42. The molecule has 0 radical (unpaired) electrons. The average Bonchev–Trinajstić information content (AvgIpc) is 3.18. The summed E-state index contributed by atoms with van der Waals surface area (Å²) in [6.45, 7) is 2.18. The molecule has 1 aromatic carbocycles. The lowest BCUT2D eigenvalue weighted by molar-refractivity contribution is -0.153. The first-order valence-electron chi connectivity index (χ1n) is 10.2. The number of alkyl halides is 3. The predicted octanol–water partition coefficient (Wildman–Crippen LogP) is 3.95. The average molecular weight is 556 g/mol. The van der Waals surface area contributed by atoms with Gasteiger partial charge in [0, 0.05) is 27.2 Å². The van der Waals surface area contributed by atoms with Crippen LogP contribution in [0.3, 0.4) is 0 Å². The second-order valence-electron chi connectivity index (χ2n) is 7.78. The van der Waals surface area contributed by atoms with Gasteiger partial charge in [0.2, 0.25) is 5.91 Å². The Morgan fingerprint density at radius 2 is 1.77 bits per heavy atom. The number of rotatable bonds is 8. The Labute approximate surface area is 199 Å². The van der Waals surface area contributed by atoms with Gasteiger partial charge < -0.3 is 20.3 Å². The zero-order valence-electron chi connectivity index (χ0n) is 18.2. The summed E-state index contributed by atoms with van der Waals surface area (Å²) in [5.74, 6) is 0.904. The van der Waals surface area contributed by atoms with Crippen molar-refractivity contribution in [1.29, 1.82) is 0 Å². The Kier molecular flexibility index (Phi) is 10.9. The summed E-state index contributed by atoms with van der Waals surface area (Å²) in [5.41, 5.74) is 0.434. The molecule has 1 fully saturated rings. The van der Waals surface area contributed by atoms with Gasteiger partial charge >= 0.3 is 6.18 Å². The first-order chi connectivity index (χ1) is 14.1. The number of nitrogens with zero attached hydrogens (tertiary/aromatic N) is 2. The van der Waals surface area contributed by atoms with Crippen molar-refractivity contribution in [1.82, 2.24) is 15.5 Å². The van der Waals surface area contributed by atoms with Crippen LogP contribution in [0.15, 0.2) is 29.3 Å². The molecule has 31 heavy (non-hydrogen) atoms. The molecule has 0 atom stereocenters. The summed E-state index contributed by atoms with van der Waals surface area (Å²) in [5, 5.41) is 6.47. The van der Waals surface area contributed by atoms with Crippen molar-refractivity contribution in [2.45, 2.75) is 45.3 Å².